The largest absolute Gasteiger partial charge is 0.479 e. The maximum atomic E-state index is 11.7. The van der Waals surface area contributed by atoms with Gasteiger partial charge in [0.1, 0.15) is 22.5 Å². The molecule has 1 fully saturated rings. The molecule has 0 bridgehead atoms. The Morgan fingerprint density at radius 2 is 1.69 bits per heavy atom. The fourth-order valence-corrected chi connectivity index (χ4v) is 3.65. The van der Waals surface area contributed by atoms with Gasteiger partial charge in [-0.15, -0.1) is 0 Å². The van der Waals surface area contributed by atoms with Gasteiger partial charge in [-0.1, -0.05) is 0 Å². The lowest BCUT2D eigenvalue weighted by Gasteiger charge is -2.60. The summed E-state index contributed by atoms with van der Waals surface area (Å²) < 4.78 is 16.4. The first-order chi connectivity index (χ1) is 13.1. The number of aryl methyl sites for hydroxylation is 1. The summed E-state index contributed by atoms with van der Waals surface area (Å²) in [6.45, 7) is 6.34. The molecule has 2 aromatic rings. The highest BCUT2D eigenvalue weighted by atomic mass is 16.7. The number of fused-ring (bicyclic) bond motifs is 1. The van der Waals surface area contributed by atoms with Crippen LogP contribution in [-0.2, 0) is 9.53 Å². The SMILES string of the molecule is Cc1cc(=O)oc2cc(O[C@]3(C)O[C@H](C(=O)O)[C@@](C)(O)[C@](C)(O)[C@@]3(C)O)ccc12. The Labute approximate surface area is 166 Å². The maximum Gasteiger partial charge on any atom is 0.336 e. The Hall–Kier alpha value is -2.46. The first-order valence-electron chi connectivity index (χ1n) is 8.95. The number of hydrogen-bond donors (Lipinski definition) is 4. The Kier molecular flexibility index (Phi) is 4.59. The van der Waals surface area contributed by atoms with E-state index in [1.54, 1.807) is 13.0 Å². The molecule has 0 saturated carbocycles. The van der Waals surface area contributed by atoms with Gasteiger partial charge in [-0.25, -0.2) is 9.59 Å². The predicted octanol–water partition coefficient (Wildman–Crippen LogP) is 0.933. The molecule has 1 aliphatic heterocycles. The van der Waals surface area contributed by atoms with Crippen LogP contribution < -0.4 is 10.4 Å². The van der Waals surface area contributed by atoms with Crippen LogP contribution in [0.3, 0.4) is 0 Å². The van der Waals surface area contributed by atoms with Gasteiger partial charge >= 0.3 is 11.6 Å². The van der Waals surface area contributed by atoms with Gasteiger partial charge in [-0.05, 0) is 45.4 Å². The van der Waals surface area contributed by atoms with Crippen molar-refractivity contribution in [2.75, 3.05) is 0 Å². The molecule has 9 nitrogen and oxygen atoms in total. The topological polar surface area (TPSA) is 147 Å². The van der Waals surface area contributed by atoms with Gasteiger partial charge in [-0.2, -0.15) is 0 Å². The molecule has 3 rings (SSSR count). The number of aliphatic hydroxyl groups is 3. The van der Waals surface area contributed by atoms with Gasteiger partial charge in [-0.3, -0.25) is 0 Å². The van der Waals surface area contributed by atoms with Crippen LogP contribution in [-0.4, -0.2) is 55.1 Å². The van der Waals surface area contributed by atoms with Crippen molar-refractivity contribution < 1.29 is 39.1 Å². The zero-order valence-electron chi connectivity index (χ0n) is 16.7. The monoisotopic (exact) mass is 408 g/mol. The Morgan fingerprint density at radius 1 is 1.07 bits per heavy atom. The summed E-state index contributed by atoms with van der Waals surface area (Å²) in [5, 5.41) is 42.8. The standard InChI is InChI=1S/C20H24O9/c1-10-8-14(21)27-13-9-11(6-7-12(10)13)28-20(5)19(4,26)18(3,25)17(2,24)15(29-20)16(22)23/h6-9,15,24-26H,1-5H3,(H,22,23)/t15-,17-,18+,19-,20-/m1/s1. The Balaban J connectivity index is 2.10. The quantitative estimate of drug-likeness (QED) is 0.545. The minimum atomic E-state index is -2.34. The minimum Gasteiger partial charge on any atom is -0.479 e. The number of ether oxygens (including phenoxy) is 2. The molecular formula is C20H24O9. The van der Waals surface area contributed by atoms with Crippen molar-refractivity contribution in [3.05, 3.63) is 40.2 Å². The normalized spacial score (nSPS) is 37.4. The molecule has 9 heteroatoms. The van der Waals surface area contributed by atoms with Crippen molar-refractivity contribution >= 4 is 16.9 Å². The molecule has 0 spiro atoms. The number of benzene rings is 1. The van der Waals surface area contributed by atoms with Crippen molar-refractivity contribution in [3.8, 4) is 5.75 Å². The molecule has 5 atom stereocenters. The van der Waals surface area contributed by atoms with Gasteiger partial charge in [0.2, 0.25) is 5.79 Å². The number of carboxylic acids is 1. The summed E-state index contributed by atoms with van der Waals surface area (Å²) in [6, 6.07) is 5.89. The lowest BCUT2D eigenvalue weighted by atomic mass is 9.65. The molecule has 1 aliphatic rings. The maximum absolute atomic E-state index is 11.7. The summed E-state index contributed by atoms with van der Waals surface area (Å²) in [7, 11) is 0. The van der Waals surface area contributed by atoms with E-state index in [0.717, 1.165) is 13.8 Å². The van der Waals surface area contributed by atoms with Crippen LogP contribution in [0.4, 0.5) is 0 Å². The van der Waals surface area contributed by atoms with E-state index in [9.17, 15) is 30.0 Å². The molecule has 29 heavy (non-hydrogen) atoms. The van der Waals surface area contributed by atoms with E-state index in [1.807, 2.05) is 0 Å². The molecule has 1 aromatic heterocycles. The predicted molar refractivity (Wildman–Crippen MR) is 101 cm³/mol. The van der Waals surface area contributed by atoms with Crippen molar-refractivity contribution in [1.29, 1.82) is 0 Å². The summed E-state index contributed by atoms with van der Waals surface area (Å²) in [5.41, 5.74) is -6.56. The third-order valence-electron chi connectivity index (χ3n) is 6.13. The van der Waals surface area contributed by atoms with Gasteiger partial charge in [0.25, 0.3) is 0 Å². The second-order valence-corrected chi connectivity index (χ2v) is 8.08. The third kappa shape index (κ3) is 2.93. The second kappa shape index (κ2) is 6.27. The molecule has 0 aliphatic carbocycles. The van der Waals surface area contributed by atoms with Crippen LogP contribution in [0, 0.1) is 6.92 Å². The molecule has 4 N–H and O–H groups in total. The highest BCUT2D eigenvalue weighted by Crippen LogP contribution is 2.49. The van der Waals surface area contributed by atoms with Crippen LogP contribution in [0.25, 0.3) is 11.0 Å². The van der Waals surface area contributed by atoms with E-state index < -0.39 is 40.3 Å². The van der Waals surface area contributed by atoms with Crippen LogP contribution in [0.15, 0.2) is 33.5 Å². The van der Waals surface area contributed by atoms with Crippen LogP contribution in [0.5, 0.6) is 5.75 Å². The van der Waals surface area contributed by atoms with Crippen LogP contribution in [0.1, 0.15) is 33.3 Å². The van der Waals surface area contributed by atoms with E-state index in [1.165, 1.54) is 32.0 Å². The van der Waals surface area contributed by atoms with E-state index in [0.29, 0.717) is 10.9 Å². The highest BCUT2D eigenvalue weighted by Gasteiger charge is 2.73. The number of rotatable bonds is 3. The van der Waals surface area contributed by atoms with E-state index in [-0.39, 0.29) is 11.3 Å². The summed E-state index contributed by atoms with van der Waals surface area (Å²) in [4.78, 5) is 23.3. The molecule has 158 valence electrons. The molecule has 0 amide bonds. The summed E-state index contributed by atoms with van der Waals surface area (Å²) >= 11 is 0. The lowest BCUT2D eigenvalue weighted by Crippen LogP contribution is -2.82. The van der Waals surface area contributed by atoms with Gasteiger partial charge in [0.05, 0.1) is 0 Å². The van der Waals surface area contributed by atoms with E-state index in [2.05, 4.69) is 0 Å². The number of carbonyl (C=O) groups is 1. The Bertz CT molecular complexity index is 1030. The molecule has 0 radical (unpaired) electrons. The molecule has 2 heterocycles. The van der Waals surface area contributed by atoms with Crippen molar-refractivity contribution in [2.45, 2.75) is 63.3 Å². The third-order valence-corrected chi connectivity index (χ3v) is 6.13. The minimum absolute atomic E-state index is 0.0931. The summed E-state index contributed by atoms with van der Waals surface area (Å²) in [6.07, 6.45) is -1.90. The van der Waals surface area contributed by atoms with Crippen molar-refractivity contribution in [2.24, 2.45) is 0 Å². The van der Waals surface area contributed by atoms with E-state index >= 15 is 0 Å². The average Bonchev–Trinajstić information content (AvgIpc) is 2.57. The molecule has 0 unspecified atom stereocenters. The van der Waals surface area contributed by atoms with Crippen molar-refractivity contribution in [1.82, 2.24) is 0 Å². The van der Waals surface area contributed by atoms with Crippen LogP contribution >= 0.6 is 0 Å². The Morgan fingerprint density at radius 3 is 2.28 bits per heavy atom. The molecule has 1 aromatic carbocycles. The summed E-state index contributed by atoms with van der Waals surface area (Å²) in [5.74, 6) is -3.53. The zero-order chi connectivity index (χ0) is 22.0. The molecular weight excluding hydrogens is 384 g/mol. The lowest BCUT2D eigenvalue weighted by molar-refractivity contribution is -0.407. The van der Waals surface area contributed by atoms with Crippen LogP contribution in [0.2, 0.25) is 0 Å². The average molecular weight is 408 g/mol. The smallest absolute Gasteiger partial charge is 0.336 e. The second-order valence-electron chi connectivity index (χ2n) is 8.08. The molecule has 1 saturated heterocycles. The number of hydrogen-bond acceptors (Lipinski definition) is 8. The van der Waals surface area contributed by atoms with Crippen molar-refractivity contribution in [3.63, 3.8) is 0 Å². The van der Waals surface area contributed by atoms with Gasteiger partial charge in [0, 0.05) is 24.4 Å². The van der Waals surface area contributed by atoms with Gasteiger partial charge < -0.3 is 34.3 Å². The highest BCUT2D eigenvalue weighted by molar-refractivity contribution is 5.81. The number of carboxylic acid groups (broad SMARTS) is 1. The fraction of sp³-hybridized carbons (Fsp3) is 0.500. The fourth-order valence-electron chi connectivity index (χ4n) is 3.65. The van der Waals surface area contributed by atoms with Gasteiger partial charge in [0.15, 0.2) is 11.7 Å². The zero-order valence-corrected chi connectivity index (χ0v) is 16.7. The first-order valence-corrected chi connectivity index (χ1v) is 8.95. The number of aliphatic carboxylic acids is 1. The first kappa shape index (κ1) is 21.3. The van der Waals surface area contributed by atoms with E-state index in [4.69, 9.17) is 13.9 Å².